The summed E-state index contributed by atoms with van der Waals surface area (Å²) in [6.45, 7) is 5.53. The Morgan fingerprint density at radius 3 is 2.62 bits per heavy atom. The minimum atomic E-state index is 0.0947. The van der Waals surface area contributed by atoms with Crippen molar-refractivity contribution < 1.29 is 9.53 Å². The zero-order chi connectivity index (χ0) is 24.2. The largest absolute Gasteiger partial charge is 0.496 e. The molecule has 0 aliphatic heterocycles. The van der Waals surface area contributed by atoms with E-state index in [4.69, 9.17) is 9.72 Å². The molecule has 1 aromatic carbocycles. The molecule has 34 heavy (non-hydrogen) atoms. The predicted octanol–water partition coefficient (Wildman–Crippen LogP) is 4.73. The van der Waals surface area contributed by atoms with Crippen LogP contribution in [-0.4, -0.2) is 63.5 Å². The lowest BCUT2D eigenvalue weighted by Gasteiger charge is -2.37. The zero-order valence-electron chi connectivity index (χ0n) is 21.1. The minimum Gasteiger partial charge on any atom is -0.496 e. The van der Waals surface area contributed by atoms with Crippen molar-refractivity contribution in [3.8, 4) is 5.75 Å². The summed E-state index contributed by atoms with van der Waals surface area (Å²) in [5, 5.41) is 0. The first kappa shape index (κ1) is 24.2. The van der Waals surface area contributed by atoms with Crippen LogP contribution < -0.4 is 4.74 Å². The van der Waals surface area contributed by atoms with E-state index in [1.54, 1.807) is 13.3 Å². The number of ether oxygens (including phenoxy) is 1. The van der Waals surface area contributed by atoms with Gasteiger partial charge >= 0.3 is 0 Å². The van der Waals surface area contributed by atoms with Gasteiger partial charge in [0.1, 0.15) is 11.6 Å². The van der Waals surface area contributed by atoms with Crippen LogP contribution in [0.5, 0.6) is 5.75 Å². The Hall–Kier alpha value is -2.93. The number of hydrogen-bond acceptors (Lipinski definition) is 5. The number of carbonyl (C=O) groups is 1. The Labute approximate surface area is 202 Å². The molecule has 1 fully saturated rings. The second-order valence-electron chi connectivity index (χ2n) is 9.82. The van der Waals surface area contributed by atoms with Crippen LogP contribution >= 0.6 is 0 Å². The summed E-state index contributed by atoms with van der Waals surface area (Å²) in [4.78, 5) is 26.9. The average molecular weight is 464 g/mol. The van der Waals surface area contributed by atoms with E-state index >= 15 is 0 Å². The smallest absolute Gasteiger partial charge is 0.254 e. The fourth-order valence-electron chi connectivity index (χ4n) is 5.10. The molecule has 1 amide bonds. The SMILES string of the molecule is COc1cc(C(=O)N(C(C)C)C2CCCCC2)ccc1Cn1c(CN(C)C)nc2ncccc21. The summed E-state index contributed by atoms with van der Waals surface area (Å²) in [6.07, 6.45) is 7.63. The van der Waals surface area contributed by atoms with Gasteiger partial charge in [-0.2, -0.15) is 0 Å². The van der Waals surface area contributed by atoms with Gasteiger partial charge in [0, 0.05) is 29.4 Å². The van der Waals surface area contributed by atoms with Crippen molar-refractivity contribution in [2.45, 2.75) is 71.1 Å². The van der Waals surface area contributed by atoms with Gasteiger partial charge in [0.05, 0.1) is 25.7 Å². The summed E-state index contributed by atoms with van der Waals surface area (Å²) in [5.41, 5.74) is 3.43. The maximum atomic E-state index is 13.6. The average Bonchev–Trinajstić information content (AvgIpc) is 3.16. The Balaban J connectivity index is 1.65. The zero-order valence-corrected chi connectivity index (χ0v) is 21.1. The van der Waals surface area contributed by atoms with Crippen molar-refractivity contribution in [2.75, 3.05) is 21.2 Å². The predicted molar refractivity (Wildman–Crippen MR) is 135 cm³/mol. The molecule has 0 radical (unpaired) electrons. The number of hydrogen-bond donors (Lipinski definition) is 0. The van der Waals surface area contributed by atoms with Crippen molar-refractivity contribution in [1.82, 2.24) is 24.3 Å². The molecule has 7 heteroatoms. The maximum absolute atomic E-state index is 13.6. The number of benzene rings is 1. The highest BCUT2D eigenvalue weighted by Gasteiger charge is 2.29. The number of rotatable bonds is 8. The number of fused-ring (bicyclic) bond motifs is 1. The van der Waals surface area contributed by atoms with Gasteiger partial charge in [-0.3, -0.25) is 4.79 Å². The van der Waals surface area contributed by atoms with Gasteiger partial charge in [-0.25, -0.2) is 9.97 Å². The van der Waals surface area contributed by atoms with Crippen LogP contribution in [0.25, 0.3) is 11.2 Å². The van der Waals surface area contributed by atoms with Crippen LogP contribution in [0.4, 0.5) is 0 Å². The minimum absolute atomic E-state index is 0.0947. The molecule has 1 saturated carbocycles. The normalized spacial score (nSPS) is 14.8. The van der Waals surface area contributed by atoms with Gasteiger partial charge in [-0.05, 0) is 65.0 Å². The monoisotopic (exact) mass is 463 g/mol. The Kier molecular flexibility index (Phi) is 7.51. The van der Waals surface area contributed by atoms with Crippen LogP contribution in [0.3, 0.4) is 0 Å². The number of imidazole rings is 1. The highest BCUT2D eigenvalue weighted by atomic mass is 16.5. The molecular weight excluding hydrogens is 426 g/mol. The molecule has 1 aliphatic carbocycles. The molecule has 182 valence electrons. The molecule has 0 spiro atoms. The first-order chi connectivity index (χ1) is 16.4. The molecule has 4 rings (SSSR count). The second kappa shape index (κ2) is 10.6. The summed E-state index contributed by atoms with van der Waals surface area (Å²) in [5.74, 6) is 1.77. The van der Waals surface area contributed by atoms with Gasteiger partial charge in [0.2, 0.25) is 0 Å². The van der Waals surface area contributed by atoms with Crippen molar-refractivity contribution >= 4 is 17.1 Å². The fourth-order valence-corrected chi connectivity index (χ4v) is 5.10. The third-order valence-corrected chi connectivity index (χ3v) is 6.68. The highest BCUT2D eigenvalue weighted by Crippen LogP contribution is 2.29. The van der Waals surface area contributed by atoms with Crippen molar-refractivity contribution in [2.24, 2.45) is 0 Å². The number of aromatic nitrogens is 3. The number of methoxy groups -OCH3 is 1. The highest BCUT2D eigenvalue weighted by molar-refractivity contribution is 5.95. The topological polar surface area (TPSA) is 63.5 Å². The molecule has 0 atom stereocenters. The van der Waals surface area contributed by atoms with Gasteiger partial charge < -0.3 is 19.1 Å². The molecule has 0 saturated heterocycles. The van der Waals surface area contributed by atoms with E-state index in [1.807, 2.05) is 44.4 Å². The molecule has 1 aliphatic rings. The van der Waals surface area contributed by atoms with E-state index < -0.39 is 0 Å². The summed E-state index contributed by atoms with van der Waals surface area (Å²) < 4.78 is 7.96. The van der Waals surface area contributed by atoms with E-state index in [2.05, 4.69) is 33.2 Å². The second-order valence-corrected chi connectivity index (χ2v) is 9.82. The standard InChI is InChI=1S/C27H37N5O2/c1-19(2)32(22-10-7-6-8-11-22)27(33)20-13-14-21(24(16-20)34-5)17-31-23-12-9-15-28-26(23)29-25(31)18-30(3)4/h9,12-16,19,22H,6-8,10-11,17-18H2,1-5H3. The lowest BCUT2D eigenvalue weighted by molar-refractivity contribution is 0.0555. The van der Waals surface area contributed by atoms with E-state index in [-0.39, 0.29) is 11.9 Å². The molecule has 7 nitrogen and oxygen atoms in total. The van der Waals surface area contributed by atoms with Crippen LogP contribution in [0, 0.1) is 0 Å². The Morgan fingerprint density at radius 2 is 1.94 bits per heavy atom. The summed E-state index contributed by atoms with van der Waals surface area (Å²) >= 11 is 0. The third-order valence-electron chi connectivity index (χ3n) is 6.68. The first-order valence-corrected chi connectivity index (χ1v) is 12.3. The first-order valence-electron chi connectivity index (χ1n) is 12.3. The van der Waals surface area contributed by atoms with Crippen LogP contribution in [0.15, 0.2) is 36.5 Å². The molecule has 0 bridgehead atoms. The van der Waals surface area contributed by atoms with E-state index in [0.29, 0.717) is 24.7 Å². The third kappa shape index (κ3) is 5.09. The molecule has 0 N–H and O–H groups in total. The lowest BCUT2D eigenvalue weighted by Crippen LogP contribution is -2.45. The van der Waals surface area contributed by atoms with E-state index in [1.165, 1.54) is 19.3 Å². The van der Waals surface area contributed by atoms with Crippen molar-refractivity contribution in [3.05, 3.63) is 53.5 Å². The van der Waals surface area contributed by atoms with E-state index in [0.717, 1.165) is 41.1 Å². The van der Waals surface area contributed by atoms with Crippen LogP contribution in [0.2, 0.25) is 0 Å². The number of carbonyl (C=O) groups excluding carboxylic acids is 1. The van der Waals surface area contributed by atoms with Crippen LogP contribution in [-0.2, 0) is 13.1 Å². The van der Waals surface area contributed by atoms with Gasteiger partial charge in [-0.1, -0.05) is 25.3 Å². The number of nitrogens with zero attached hydrogens (tertiary/aromatic N) is 5. The van der Waals surface area contributed by atoms with Gasteiger partial charge in [0.15, 0.2) is 5.65 Å². The lowest BCUT2D eigenvalue weighted by atomic mass is 9.92. The van der Waals surface area contributed by atoms with Crippen molar-refractivity contribution in [3.63, 3.8) is 0 Å². The Bertz CT molecular complexity index is 1130. The molecule has 2 aromatic heterocycles. The summed E-state index contributed by atoms with van der Waals surface area (Å²) in [6, 6.07) is 10.3. The number of pyridine rings is 1. The fraction of sp³-hybridized carbons (Fsp3) is 0.519. The molecule has 0 unspecified atom stereocenters. The van der Waals surface area contributed by atoms with Crippen LogP contribution in [0.1, 0.15) is 67.7 Å². The summed E-state index contributed by atoms with van der Waals surface area (Å²) in [7, 11) is 5.73. The number of amides is 1. The molecular formula is C27H37N5O2. The van der Waals surface area contributed by atoms with Crippen molar-refractivity contribution in [1.29, 1.82) is 0 Å². The maximum Gasteiger partial charge on any atom is 0.254 e. The van der Waals surface area contributed by atoms with Gasteiger partial charge in [-0.15, -0.1) is 0 Å². The Morgan fingerprint density at radius 1 is 1.18 bits per heavy atom. The quantitative estimate of drug-likeness (QED) is 0.483. The molecule has 2 heterocycles. The van der Waals surface area contributed by atoms with Gasteiger partial charge in [0.25, 0.3) is 5.91 Å². The molecule has 3 aromatic rings. The van der Waals surface area contributed by atoms with E-state index in [9.17, 15) is 4.79 Å².